The second-order valence-corrected chi connectivity index (χ2v) is 7.43. The van der Waals surface area contributed by atoms with Crippen LogP contribution in [0.25, 0.3) is 17.4 Å². The normalized spacial score (nSPS) is 16.0. The van der Waals surface area contributed by atoms with Crippen LogP contribution in [0, 0.1) is 10.1 Å². The van der Waals surface area contributed by atoms with Crippen molar-refractivity contribution in [2.75, 3.05) is 6.61 Å². The smallest absolute Gasteiger partial charge is 0.289 e. The van der Waals surface area contributed by atoms with Crippen LogP contribution in [0.4, 0.5) is 16.2 Å². The summed E-state index contributed by atoms with van der Waals surface area (Å²) >= 11 is 1.03. The maximum Gasteiger partial charge on any atom is 0.289 e. The fraction of sp³-hybridized carbons (Fsp3) is 0.0909. The van der Waals surface area contributed by atoms with Gasteiger partial charge in [-0.25, -0.2) is 4.99 Å². The highest BCUT2D eigenvalue weighted by Gasteiger charge is 2.24. The van der Waals surface area contributed by atoms with Gasteiger partial charge < -0.3 is 14.5 Å². The Morgan fingerprint density at radius 3 is 2.55 bits per heavy atom. The first-order valence-electron chi connectivity index (χ1n) is 9.39. The highest BCUT2D eigenvalue weighted by molar-refractivity contribution is 8.18. The van der Waals surface area contributed by atoms with Gasteiger partial charge in [0.25, 0.3) is 10.9 Å². The van der Waals surface area contributed by atoms with Gasteiger partial charge in [-0.2, -0.15) is 0 Å². The van der Waals surface area contributed by atoms with Crippen molar-refractivity contribution in [1.29, 1.82) is 0 Å². The van der Waals surface area contributed by atoms with Gasteiger partial charge in [-0.05, 0) is 73.3 Å². The SMILES string of the molecule is CCOc1ccc(N=C2NC(=O)S/C2=C\c2ccc(-c3ccc([N+](=O)[O-])cc3)o2)cc1. The number of ether oxygens (including phenoxy) is 1. The summed E-state index contributed by atoms with van der Waals surface area (Å²) in [6, 6.07) is 16.9. The minimum absolute atomic E-state index is 0.0136. The van der Waals surface area contributed by atoms with Crippen molar-refractivity contribution in [2.45, 2.75) is 6.92 Å². The largest absolute Gasteiger partial charge is 0.494 e. The average Bonchev–Trinajstić information content (AvgIpc) is 3.36. The van der Waals surface area contributed by atoms with Crippen molar-refractivity contribution in [3.05, 3.63) is 81.4 Å². The van der Waals surface area contributed by atoms with Gasteiger partial charge in [-0.15, -0.1) is 0 Å². The van der Waals surface area contributed by atoms with Crippen LogP contribution in [0.2, 0.25) is 0 Å². The fourth-order valence-electron chi connectivity index (χ4n) is 2.89. The lowest BCUT2D eigenvalue weighted by atomic mass is 10.1. The molecule has 0 aliphatic carbocycles. The number of thioether (sulfide) groups is 1. The summed E-state index contributed by atoms with van der Waals surface area (Å²) in [6.45, 7) is 2.50. The van der Waals surface area contributed by atoms with E-state index in [0.717, 1.165) is 17.5 Å². The Bertz CT molecular complexity index is 1180. The molecule has 2 heterocycles. The Kier molecular flexibility index (Phi) is 5.85. The van der Waals surface area contributed by atoms with E-state index in [1.165, 1.54) is 12.1 Å². The lowest BCUT2D eigenvalue weighted by Gasteiger charge is -2.03. The third-order valence-corrected chi connectivity index (χ3v) is 5.13. The molecule has 4 rings (SSSR count). The average molecular weight is 435 g/mol. The predicted molar refractivity (Wildman–Crippen MR) is 120 cm³/mol. The summed E-state index contributed by atoms with van der Waals surface area (Å²) in [5.41, 5.74) is 1.41. The fourth-order valence-corrected chi connectivity index (χ4v) is 3.60. The van der Waals surface area contributed by atoms with Crippen LogP contribution in [0.5, 0.6) is 5.75 Å². The molecule has 0 bridgehead atoms. The zero-order chi connectivity index (χ0) is 21.8. The second-order valence-electron chi connectivity index (χ2n) is 6.42. The maximum absolute atomic E-state index is 11.9. The van der Waals surface area contributed by atoms with Crippen molar-refractivity contribution < 1.29 is 18.9 Å². The number of hydrogen-bond donors (Lipinski definition) is 1. The van der Waals surface area contributed by atoms with Crippen molar-refractivity contribution in [2.24, 2.45) is 4.99 Å². The van der Waals surface area contributed by atoms with Crippen LogP contribution >= 0.6 is 11.8 Å². The third-order valence-electron chi connectivity index (χ3n) is 4.31. The summed E-state index contributed by atoms with van der Waals surface area (Å²) in [5, 5.41) is 13.3. The minimum atomic E-state index is -0.450. The number of rotatable bonds is 6. The molecule has 1 aliphatic rings. The number of nitrogens with zero attached hydrogens (tertiary/aromatic N) is 2. The Hall–Kier alpha value is -3.85. The third kappa shape index (κ3) is 4.84. The lowest BCUT2D eigenvalue weighted by molar-refractivity contribution is -0.384. The monoisotopic (exact) mass is 435 g/mol. The number of carbonyl (C=O) groups is 1. The summed E-state index contributed by atoms with van der Waals surface area (Å²) in [4.78, 5) is 27.4. The number of nitro groups is 1. The van der Waals surface area contributed by atoms with E-state index in [1.54, 1.807) is 30.3 Å². The zero-order valence-electron chi connectivity index (χ0n) is 16.4. The number of furan rings is 1. The van der Waals surface area contributed by atoms with Crippen molar-refractivity contribution in [3.63, 3.8) is 0 Å². The zero-order valence-corrected chi connectivity index (χ0v) is 17.2. The summed E-state index contributed by atoms with van der Waals surface area (Å²) in [7, 11) is 0. The molecule has 0 radical (unpaired) electrons. The van der Waals surface area contributed by atoms with E-state index >= 15 is 0 Å². The number of amidine groups is 1. The van der Waals surface area contributed by atoms with E-state index in [-0.39, 0.29) is 10.9 Å². The molecule has 1 amide bonds. The highest BCUT2D eigenvalue weighted by atomic mass is 32.2. The topological polar surface area (TPSA) is 107 Å². The quantitative estimate of drug-likeness (QED) is 0.388. The molecule has 8 nitrogen and oxygen atoms in total. The van der Waals surface area contributed by atoms with Gasteiger partial charge in [0.05, 0.1) is 22.1 Å². The molecule has 1 fully saturated rings. The van der Waals surface area contributed by atoms with E-state index in [1.807, 2.05) is 31.2 Å². The lowest BCUT2D eigenvalue weighted by Crippen LogP contribution is -2.18. The van der Waals surface area contributed by atoms with Gasteiger partial charge in [0, 0.05) is 17.7 Å². The van der Waals surface area contributed by atoms with Gasteiger partial charge >= 0.3 is 0 Å². The first kappa shape index (κ1) is 20.4. The molecule has 0 saturated carbocycles. The van der Waals surface area contributed by atoms with E-state index in [0.29, 0.717) is 40.1 Å². The molecule has 0 spiro atoms. The molecule has 3 aromatic rings. The Morgan fingerprint density at radius 2 is 1.87 bits per heavy atom. The number of hydrogen-bond acceptors (Lipinski definition) is 7. The number of aliphatic imine (C=N–C) groups is 1. The van der Waals surface area contributed by atoms with Crippen molar-refractivity contribution in [1.82, 2.24) is 5.32 Å². The van der Waals surface area contributed by atoms with Gasteiger partial charge in [0.1, 0.15) is 23.1 Å². The second kappa shape index (κ2) is 8.88. The Labute approximate surface area is 181 Å². The molecule has 31 heavy (non-hydrogen) atoms. The molecule has 1 saturated heterocycles. The summed E-state index contributed by atoms with van der Waals surface area (Å²) in [5.74, 6) is 2.29. The molecule has 0 unspecified atom stereocenters. The maximum atomic E-state index is 11.9. The molecule has 1 N–H and O–H groups in total. The molecular formula is C22H17N3O5S. The molecular weight excluding hydrogens is 418 g/mol. The van der Waals surface area contributed by atoms with Crippen molar-refractivity contribution >= 4 is 40.3 Å². The minimum Gasteiger partial charge on any atom is -0.494 e. The standard InChI is InChI=1S/C22H17N3O5S/c1-2-29-17-9-5-15(6-10-17)23-21-20(31-22(26)24-21)13-18-11-12-19(30-18)14-3-7-16(8-4-14)25(27)28/h3-13H,2H2,1H3,(H,23,24,26)/b20-13-. The van der Waals surface area contributed by atoms with Crippen molar-refractivity contribution in [3.8, 4) is 17.1 Å². The van der Waals surface area contributed by atoms with Gasteiger partial charge in [0.15, 0.2) is 0 Å². The molecule has 9 heteroatoms. The van der Waals surface area contributed by atoms with E-state index in [4.69, 9.17) is 9.15 Å². The van der Waals surface area contributed by atoms with E-state index in [9.17, 15) is 14.9 Å². The molecule has 0 atom stereocenters. The number of carbonyl (C=O) groups excluding carboxylic acids is 1. The van der Waals surface area contributed by atoms with Crippen LogP contribution in [0.3, 0.4) is 0 Å². The first-order chi connectivity index (χ1) is 15.0. The number of benzene rings is 2. The first-order valence-corrected chi connectivity index (χ1v) is 10.2. The van der Waals surface area contributed by atoms with Crippen LogP contribution in [0.1, 0.15) is 12.7 Å². The van der Waals surface area contributed by atoms with E-state index < -0.39 is 4.92 Å². The molecule has 156 valence electrons. The van der Waals surface area contributed by atoms with Gasteiger partial charge in [0.2, 0.25) is 0 Å². The van der Waals surface area contributed by atoms with Crippen LogP contribution in [-0.4, -0.2) is 22.6 Å². The predicted octanol–water partition coefficient (Wildman–Crippen LogP) is 5.78. The Balaban J connectivity index is 1.57. The molecule has 1 aromatic heterocycles. The number of nitro benzene ring substituents is 1. The summed E-state index contributed by atoms with van der Waals surface area (Å²) < 4.78 is 11.3. The van der Waals surface area contributed by atoms with Crippen LogP contribution < -0.4 is 10.1 Å². The van der Waals surface area contributed by atoms with Gasteiger partial charge in [-0.1, -0.05) is 0 Å². The highest BCUT2D eigenvalue weighted by Crippen LogP contribution is 2.31. The summed E-state index contributed by atoms with van der Waals surface area (Å²) in [6.07, 6.45) is 1.73. The number of nitrogens with one attached hydrogen (secondary N) is 1. The number of non-ortho nitro benzene ring substituents is 1. The molecule has 2 aromatic carbocycles. The molecule has 1 aliphatic heterocycles. The number of amides is 1. The van der Waals surface area contributed by atoms with E-state index in [2.05, 4.69) is 10.3 Å². The Morgan fingerprint density at radius 1 is 1.13 bits per heavy atom. The van der Waals surface area contributed by atoms with Gasteiger partial charge in [-0.3, -0.25) is 14.9 Å². The van der Waals surface area contributed by atoms with Crippen LogP contribution in [0.15, 0.2) is 75.0 Å². The van der Waals surface area contributed by atoms with Crippen LogP contribution in [-0.2, 0) is 0 Å².